The maximum absolute atomic E-state index is 7.38. The van der Waals surface area contributed by atoms with Gasteiger partial charge in [0.25, 0.3) is 0 Å². The van der Waals surface area contributed by atoms with E-state index in [1.807, 2.05) is 0 Å². The molecule has 0 unspecified atom stereocenters. The van der Waals surface area contributed by atoms with Crippen molar-refractivity contribution in [3.05, 3.63) is 5.73 Å². The molecule has 0 aromatic carbocycles. The summed E-state index contributed by atoms with van der Waals surface area (Å²) in [6.45, 7) is 3.34. The van der Waals surface area contributed by atoms with Crippen molar-refractivity contribution in [3.8, 4) is 0 Å². The van der Waals surface area contributed by atoms with E-state index in [0.29, 0.717) is 13.2 Å². The summed E-state index contributed by atoms with van der Waals surface area (Å²) in [5, 5.41) is 7.38. The third kappa shape index (κ3) is 35.8. The molecule has 0 saturated heterocycles. The van der Waals surface area contributed by atoms with Gasteiger partial charge in [-0.05, 0) is 19.9 Å². The fourth-order valence-corrected chi connectivity index (χ4v) is 0.269. The van der Waals surface area contributed by atoms with Crippen LogP contribution in [0.3, 0.4) is 0 Å². The molecule has 0 rings (SSSR count). The number of hydrogen-bond acceptors (Lipinski definition) is 3. The maximum atomic E-state index is 7.38. The average Bonchev–Trinajstić information content (AvgIpc) is 2.01. The van der Waals surface area contributed by atoms with Gasteiger partial charge in [-0.3, -0.25) is 5.26 Å². The molecule has 0 atom stereocenters. The van der Waals surface area contributed by atoms with Gasteiger partial charge in [0.15, 0.2) is 0 Å². The first kappa shape index (κ1) is 17.9. The minimum atomic E-state index is 0. The van der Waals surface area contributed by atoms with E-state index in [2.05, 4.69) is 4.89 Å². The van der Waals surface area contributed by atoms with Gasteiger partial charge in [0.05, 0.1) is 6.61 Å². The zero-order valence-electron chi connectivity index (χ0n) is 7.05. The minimum Gasteiger partial charge on any atom is -0.677 e. The number of rotatable bonds is 4. The molecule has 0 aromatic heterocycles. The van der Waals surface area contributed by atoms with Crippen LogP contribution in [-0.2, 0) is 37.6 Å². The monoisotopic (exact) mass is 238 g/mol. The van der Waals surface area contributed by atoms with Gasteiger partial charge >= 0.3 is 0 Å². The fraction of sp³-hybridized carbons (Fsp3) is 1.00. The summed E-state index contributed by atoms with van der Waals surface area (Å²) in [7, 11) is 0. The van der Waals surface area contributed by atoms with Crippen LogP contribution in [0.2, 0.25) is 0 Å². The van der Waals surface area contributed by atoms with Gasteiger partial charge in [-0.15, -0.1) is 0 Å². The Morgan fingerprint density at radius 1 is 1.45 bits per heavy atom. The van der Waals surface area contributed by atoms with E-state index < -0.39 is 0 Å². The van der Waals surface area contributed by atoms with E-state index in [0.717, 1.165) is 19.4 Å². The topological polar surface area (TPSA) is 79.3 Å². The Morgan fingerprint density at radius 3 is 2.00 bits per heavy atom. The van der Waals surface area contributed by atoms with E-state index in [9.17, 15) is 0 Å². The molecule has 0 aliphatic heterocycles. The van der Waals surface area contributed by atoms with Crippen LogP contribution in [0.25, 0.3) is 5.73 Å². The van der Waals surface area contributed by atoms with Crippen LogP contribution in [-0.4, -0.2) is 25.0 Å². The summed E-state index contributed by atoms with van der Waals surface area (Å²) in [5.41, 5.74) is 11.8. The van der Waals surface area contributed by atoms with Crippen molar-refractivity contribution in [2.45, 2.75) is 19.8 Å². The van der Waals surface area contributed by atoms with Gasteiger partial charge in [0.1, 0.15) is 0 Å². The Balaban J connectivity index is -0.000000114. The Kier molecular flexibility index (Phi) is 36.5. The first-order valence-electron chi connectivity index (χ1n) is 3.44. The van der Waals surface area contributed by atoms with Crippen molar-refractivity contribution in [2.24, 2.45) is 5.73 Å². The predicted octanol–water partition coefficient (Wildman–Crippen LogP) is 1.27. The number of hydrogen-bond donors (Lipinski definition) is 2. The van der Waals surface area contributed by atoms with Gasteiger partial charge in [-0.25, -0.2) is 4.89 Å². The predicted molar refractivity (Wildman–Crippen MR) is 41.7 cm³/mol. The van der Waals surface area contributed by atoms with Gasteiger partial charge < -0.3 is 11.5 Å². The number of unbranched alkanes of at least 4 members (excludes halogenated alkanes) is 1. The van der Waals surface area contributed by atoms with E-state index >= 15 is 0 Å². The third-order valence-corrected chi connectivity index (χ3v) is 0.760. The molecular formula is C6H17N2O2Y-. The Bertz CT molecular complexity index is 43.6. The Labute approximate surface area is 93.5 Å². The van der Waals surface area contributed by atoms with Gasteiger partial charge in [0, 0.05) is 32.7 Å². The molecule has 0 spiro atoms. The summed E-state index contributed by atoms with van der Waals surface area (Å²) in [4.78, 5) is 3.54. The maximum Gasteiger partial charge on any atom is 0.0791 e. The van der Waals surface area contributed by atoms with E-state index in [-0.39, 0.29) is 32.7 Å². The first-order valence-corrected chi connectivity index (χ1v) is 3.44. The summed E-state index contributed by atoms with van der Waals surface area (Å²) < 4.78 is 0. The Hall–Kier alpha value is 0.944. The standard InChI is InChI=1S/C4H11N2.C2H6O2.Y/c5-3-1-2-4-6;1-2-4-3;/h5H,1-4,6H2;3H,2H2,1H3;/q-1;;. The van der Waals surface area contributed by atoms with Crippen molar-refractivity contribution in [3.63, 3.8) is 0 Å². The Morgan fingerprint density at radius 2 is 1.91 bits per heavy atom. The van der Waals surface area contributed by atoms with Crippen LogP contribution in [0.15, 0.2) is 0 Å². The van der Waals surface area contributed by atoms with Gasteiger partial charge in [-0.2, -0.15) is 6.54 Å². The second kappa shape index (κ2) is 22.4. The molecule has 5 heteroatoms. The zero-order valence-corrected chi connectivity index (χ0v) is 9.88. The van der Waals surface area contributed by atoms with E-state index in [1.165, 1.54) is 0 Å². The molecule has 67 valence electrons. The van der Waals surface area contributed by atoms with Crippen molar-refractivity contribution < 1.29 is 42.9 Å². The van der Waals surface area contributed by atoms with E-state index in [4.69, 9.17) is 16.7 Å². The molecule has 0 heterocycles. The number of nitrogens with two attached hydrogens (primary N) is 1. The molecule has 0 bridgehead atoms. The van der Waals surface area contributed by atoms with Crippen molar-refractivity contribution in [1.29, 1.82) is 0 Å². The molecule has 0 amide bonds. The van der Waals surface area contributed by atoms with Crippen molar-refractivity contribution >= 4 is 0 Å². The molecule has 4 nitrogen and oxygen atoms in total. The van der Waals surface area contributed by atoms with E-state index in [1.54, 1.807) is 6.92 Å². The van der Waals surface area contributed by atoms with Crippen LogP contribution < -0.4 is 5.73 Å². The zero-order chi connectivity index (χ0) is 8.24. The number of nitrogens with one attached hydrogen (secondary N) is 1. The third-order valence-electron chi connectivity index (χ3n) is 0.760. The molecule has 0 aliphatic rings. The smallest absolute Gasteiger partial charge is 0.0791 e. The minimum absolute atomic E-state index is 0. The molecule has 0 fully saturated rings. The molecule has 4 N–H and O–H groups in total. The normalized spacial score (nSPS) is 7.64. The molecular weight excluding hydrogens is 221 g/mol. The van der Waals surface area contributed by atoms with Crippen LogP contribution in [0, 0.1) is 0 Å². The van der Waals surface area contributed by atoms with Gasteiger partial charge in [0.2, 0.25) is 0 Å². The molecule has 0 aromatic rings. The summed E-state index contributed by atoms with van der Waals surface area (Å²) in [6.07, 6.45) is 1.96. The second-order valence-electron chi connectivity index (χ2n) is 1.66. The molecule has 0 aliphatic carbocycles. The van der Waals surface area contributed by atoms with Crippen LogP contribution in [0.5, 0.6) is 0 Å². The average molecular weight is 238 g/mol. The van der Waals surface area contributed by atoms with Gasteiger partial charge in [-0.1, -0.05) is 6.42 Å². The second-order valence-corrected chi connectivity index (χ2v) is 1.66. The summed E-state index contributed by atoms with van der Waals surface area (Å²) in [5.74, 6) is 0. The molecule has 11 heavy (non-hydrogen) atoms. The molecule has 1 radical (unpaired) electrons. The summed E-state index contributed by atoms with van der Waals surface area (Å²) >= 11 is 0. The molecule has 0 saturated carbocycles. The van der Waals surface area contributed by atoms with Crippen molar-refractivity contribution in [1.82, 2.24) is 0 Å². The fourth-order valence-electron chi connectivity index (χ4n) is 0.269. The van der Waals surface area contributed by atoms with Crippen LogP contribution in [0.4, 0.5) is 0 Å². The van der Waals surface area contributed by atoms with Crippen LogP contribution >= 0.6 is 0 Å². The summed E-state index contributed by atoms with van der Waals surface area (Å²) in [6, 6.07) is 0. The quantitative estimate of drug-likeness (QED) is 0.439. The van der Waals surface area contributed by atoms with Crippen LogP contribution in [0.1, 0.15) is 19.8 Å². The SMILES string of the molecule is CCOO.[NH-]CCCCN.[Y]. The van der Waals surface area contributed by atoms with Crippen molar-refractivity contribution in [2.75, 3.05) is 19.7 Å². The first-order chi connectivity index (χ1) is 4.83. The largest absolute Gasteiger partial charge is 0.677 e.